The van der Waals surface area contributed by atoms with Crippen LogP contribution in [0.4, 0.5) is 0 Å². The van der Waals surface area contributed by atoms with E-state index in [1.807, 2.05) is 0 Å². The Morgan fingerprint density at radius 3 is 2.20 bits per heavy atom. The van der Waals surface area contributed by atoms with E-state index in [9.17, 15) is 0 Å². The molecule has 1 nitrogen and oxygen atoms in total. The minimum absolute atomic E-state index is 0.958. The molecule has 2 rings (SSSR count). The van der Waals surface area contributed by atoms with Gasteiger partial charge < -0.3 is 4.90 Å². The van der Waals surface area contributed by atoms with Gasteiger partial charge in [-0.25, -0.2) is 0 Å². The van der Waals surface area contributed by atoms with Crippen molar-refractivity contribution in [3.05, 3.63) is 35.4 Å². The van der Waals surface area contributed by atoms with E-state index in [-0.39, 0.29) is 0 Å². The third-order valence-electron chi connectivity index (χ3n) is 3.09. The first-order valence-corrected chi connectivity index (χ1v) is 6.87. The standard InChI is InChI=1S/C13H18BrN/c14-11-13-5-3-12(4-6-13)7-10-15-8-1-2-9-15/h3-6H,1-2,7-11H2. The molecule has 0 unspecified atom stereocenters. The van der Waals surface area contributed by atoms with Gasteiger partial charge in [-0.1, -0.05) is 40.2 Å². The van der Waals surface area contributed by atoms with Crippen molar-refractivity contribution in [2.45, 2.75) is 24.6 Å². The van der Waals surface area contributed by atoms with Gasteiger partial charge in [-0.2, -0.15) is 0 Å². The summed E-state index contributed by atoms with van der Waals surface area (Å²) in [4.78, 5) is 2.57. The van der Waals surface area contributed by atoms with E-state index in [1.54, 1.807) is 0 Å². The number of likely N-dealkylation sites (tertiary alicyclic amines) is 1. The molecule has 0 aromatic heterocycles. The van der Waals surface area contributed by atoms with Gasteiger partial charge in [0.05, 0.1) is 0 Å². The Hall–Kier alpha value is -0.340. The summed E-state index contributed by atoms with van der Waals surface area (Å²) in [5.74, 6) is 0. The lowest BCUT2D eigenvalue weighted by molar-refractivity contribution is 0.343. The first kappa shape index (κ1) is 11.2. The van der Waals surface area contributed by atoms with Crippen LogP contribution in [0.5, 0.6) is 0 Å². The topological polar surface area (TPSA) is 3.24 Å². The van der Waals surface area contributed by atoms with E-state index in [2.05, 4.69) is 45.1 Å². The molecule has 0 bridgehead atoms. The van der Waals surface area contributed by atoms with Crippen LogP contribution in [0.3, 0.4) is 0 Å². The molecular formula is C13H18BrN. The molecule has 1 saturated heterocycles. The van der Waals surface area contributed by atoms with Crippen molar-refractivity contribution < 1.29 is 0 Å². The third-order valence-corrected chi connectivity index (χ3v) is 3.74. The molecule has 0 spiro atoms. The summed E-state index contributed by atoms with van der Waals surface area (Å²) in [5, 5.41) is 0.958. The molecule has 0 N–H and O–H groups in total. The Bertz CT molecular complexity index is 288. The van der Waals surface area contributed by atoms with Gasteiger partial charge in [0.15, 0.2) is 0 Å². The van der Waals surface area contributed by atoms with Crippen LogP contribution < -0.4 is 0 Å². The van der Waals surface area contributed by atoms with Crippen molar-refractivity contribution in [2.24, 2.45) is 0 Å². The molecular weight excluding hydrogens is 250 g/mol. The summed E-state index contributed by atoms with van der Waals surface area (Å²) in [6, 6.07) is 8.95. The van der Waals surface area contributed by atoms with Gasteiger partial charge in [-0.15, -0.1) is 0 Å². The van der Waals surface area contributed by atoms with Crippen LogP contribution in [0.2, 0.25) is 0 Å². The van der Waals surface area contributed by atoms with Crippen LogP contribution in [-0.4, -0.2) is 24.5 Å². The fourth-order valence-electron chi connectivity index (χ4n) is 2.09. The maximum atomic E-state index is 3.47. The Balaban J connectivity index is 1.82. The molecule has 0 radical (unpaired) electrons. The highest BCUT2D eigenvalue weighted by Gasteiger charge is 2.10. The second-order valence-corrected chi connectivity index (χ2v) is 4.81. The van der Waals surface area contributed by atoms with E-state index < -0.39 is 0 Å². The highest BCUT2D eigenvalue weighted by Crippen LogP contribution is 2.11. The van der Waals surface area contributed by atoms with E-state index in [1.165, 1.54) is 50.0 Å². The largest absolute Gasteiger partial charge is 0.303 e. The average Bonchev–Trinajstić information content (AvgIpc) is 2.80. The molecule has 0 atom stereocenters. The van der Waals surface area contributed by atoms with Gasteiger partial charge >= 0.3 is 0 Å². The third kappa shape index (κ3) is 3.32. The Labute approximate surface area is 101 Å². The predicted molar refractivity (Wildman–Crippen MR) is 68.5 cm³/mol. The summed E-state index contributed by atoms with van der Waals surface area (Å²) in [6.45, 7) is 3.84. The van der Waals surface area contributed by atoms with Crippen LogP contribution in [0.15, 0.2) is 24.3 Å². The fourth-order valence-corrected chi connectivity index (χ4v) is 2.46. The summed E-state index contributed by atoms with van der Waals surface area (Å²) in [6.07, 6.45) is 3.98. The molecule has 1 aliphatic heterocycles. The van der Waals surface area contributed by atoms with Crippen LogP contribution in [0.1, 0.15) is 24.0 Å². The van der Waals surface area contributed by atoms with E-state index in [0.717, 1.165) is 5.33 Å². The van der Waals surface area contributed by atoms with Crippen molar-refractivity contribution in [1.29, 1.82) is 0 Å². The van der Waals surface area contributed by atoms with Gasteiger partial charge in [0.1, 0.15) is 0 Å². The van der Waals surface area contributed by atoms with Crippen LogP contribution in [-0.2, 0) is 11.8 Å². The normalized spacial score (nSPS) is 17.1. The molecule has 2 heteroatoms. The van der Waals surface area contributed by atoms with Crippen molar-refractivity contribution in [2.75, 3.05) is 19.6 Å². The van der Waals surface area contributed by atoms with Gasteiger partial charge in [-0.05, 0) is 43.5 Å². The first-order chi connectivity index (χ1) is 7.38. The maximum absolute atomic E-state index is 3.47. The molecule has 1 aliphatic rings. The highest BCUT2D eigenvalue weighted by atomic mass is 79.9. The molecule has 1 heterocycles. The lowest BCUT2D eigenvalue weighted by atomic mass is 10.1. The Kier molecular flexibility index (Phi) is 4.21. The number of rotatable bonds is 4. The Morgan fingerprint density at radius 1 is 1.00 bits per heavy atom. The zero-order chi connectivity index (χ0) is 10.5. The lowest BCUT2D eigenvalue weighted by Crippen LogP contribution is -2.21. The number of hydrogen-bond acceptors (Lipinski definition) is 1. The monoisotopic (exact) mass is 267 g/mol. The van der Waals surface area contributed by atoms with Crippen molar-refractivity contribution in [3.8, 4) is 0 Å². The zero-order valence-electron chi connectivity index (χ0n) is 9.08. The predicted octanol–water partition coefficient (Wildman–Crippen LogP) is 3.22. The molecule has 1 fully saturated rings. The van der Waals surface area contributed by atoms with E-state index >= 15 is 0 Å². The molecule has 15 heavy (non-hydrogen) atoms. The second kappa shape index (κ2) is 5.66. The summed E-state index contributed by atoms with van der Waals surface area (Å²) >= 11 is 3.47. The van der Waals surface area contributed by atoms with Gasteiger partial charge in [0, 0.05) is 11.9 Å². The van der Waals surface area contributed by atoms with Gasteiger partial charge in [0.2, 0.25) is 0 Å². The van der Waals surface area contributed by atoms with E-state index in [0.29, 0.717) is 0 Å². The van der Waals surface area contributed by atoms with Crippen molar-refractivity contribution in [3.63, 3.8) is 0 Å². The lowest BCUT2D eigenvalue weighted by Gasteiger charge is -2.14. The first-order valence-electron chi connectivity index (χ1n) is 5.74. The Morgan fingerprint density at radius 2 is 1.60 bits per heavy atom. The minimum Gasteiger partial charge on any atom is -0.303 e. The van der Waals surface area contributed by atoms with Crippen LogP contribution in [0, 0.1) is 0 Å². The second-order valence-electron chi connectivity index (χ2n) is 4.25. The number of benzene rings is 1. The number of alkyl halides is 1. The molecule has 82 valence electrons. The fraction of sp³-hybridized carbons (Fsp3) is 0.538. The molecule has 1 aromatic carbocycles. The molecule has 0 saturated carbocycles. The average molecular weight is 268 g/mol. The minimum atomic E-state index is 0.958. The number of halogens is 1. The van der Waals surface area contributed by atoms with Crippen LogP contribution >= 0.6 is 15.9 Å². The zero-order valence-corrected chi connectivity index (χ0v) is 10.7. The van der Waals surface area contributed by atoms with Crippen molar-refractivity contribution in [1.82, 2.24) is 4.90 Å². The smallest absolute Gasteiger partial charge is 0.0283 e. The highest BCUT2D eigenvalue weighted by molar-refractivity contribution is 9.08. The summed E-state index contributed by atoms with van der Waals surface area (Å²) in [7, 11) is 0. The van der Waals surface area contributed by atoms with E-state index in [4.69, 9.17) is 0 Å². The van der Waals surface area contributed by atoms with Gasteiger partial charge in [0.25, 0.3) is 0 Å². The number of nitrogens with zero attached hydrogens (tertiary/aromatic N) is 1. The van der Waals surface area contributed by atoms with Crippen LogP contribution in [0.25, 0.3) is 0 Å². The molecule has 0 aliphatic carbocycles. The van der Waals surface area contributed by atoms with Gasteiger partial charge in [-0.3, -0.25) is 0 Å². The molecule has 0 amide bonds. The van der Waals surface area contributed by atoms with Crippen molar-refractivity contribution >= 4 is 15.9 Å². The quantitative estimate of drug-likeness (QED) is 0.758. The molecule has 1 aromatic rings. The number of hydrogen-bond donors (Lipinski definition) is 0. The SMILES string of the molecule is BrCc1ccc(CCN2CCCC2)cc1. The summed E-state index contributed by atoms with van der Waals surface area (Å²) < 4.78 is 0. The maximum Gasteiger partial charge on any atom is 0.0283 e. The summed E-state index contributed by atoms with van der Waals surface area (Å²) in [5.41, 5.74) is 2.83.